The molecular formula is C25H50O. The average Bonchev–Trinajstić information content (AvgIpc) is 2.64. The summed E-state index contributed by atoms with van der Waals surface area (Å²) in [6, 6.07) is 0. The van der Waals surface area contributed by atoms with Crippen LogP contribution in [0.2, 0.25) is 0 Å². The van der Waals surface area contributed by atoms with Gasteiger partial charge in [-0.25, -0.2) is 0 Å². The zero-order valence-electron chi connectivity index (χ0n) is 18.5. The standard InChI is InChI=1S/C25H50O/c1-3-5-6-7-8-9-10-11-12-13-14-15-16-17-18-19-20-21-22-24-25(26)23-4-2/h3-24H2,1-2H3. The molecule has 0 rings (SSSR count). The molecule has 0 radical (unpaired) electrons. The number of rotatable bonds is 22. The van der Waals surface area contributed by atoms with Crippen LogP contribution >= 0.6 is 0 Å². The van der Waals surface area contributed by atoms with E-state index in [1.54, 1.807) is 0 Å². The third-order valence-electron chi connectivity index (χ3n) is 5.59. The zero-order chi connectivity index (χ0) is 19.1. The fraction of sp³-hybridized carbons (Fsp3) is 0.960. The summed E-state index contributed by atoms with van der Waals surface area (Å²) in [4.78, 5) is 11.4. The highest BCUT2D eigenvalue weighted by Crippen LogP contribution is 2.15. The van der Waals surface area contributed by atoms with Gasteiger partial charge in [-0.1, -0.05) is 129 Å². The Hall–Kier alpha value is -0.330. The summed E-state index contributed by atoms with van der Waals surface area (Å²) in [7, 11) is 0. The van der Waals surface area contributed by atoms with Crippen LogP contribution in [0.3, 0.4) is 0 Å². The Morgan fingerprint density at radius 2 is 0.692 bits per heavy atom. The van der Waals surface area contributed by atoms with E-state index in [4.69, 9.17) is 0 Å². The molecule has 0 heterocycles. The largest absolute Gasteiger partial charge is 0.300 e. The highest BCUT2D eigenvalue weighted by Gasteiger charge is 1.99. The van der Waals surface area contributed by atoms with Gasteiger partial charge in [0.25, 0.3) is 0 Å². The Bertz CT molecular complexity index is 271. The highest BCUT2D eigenvalue weighted by atomic mass is 16.1. The van der Waals surface area contributed by atoms with Crippen LogP contribution in [0.15, 0.2) is 0 Å². The van der Waals surface area contributed by atoms with Crippen molar-refractivity contribution in [3.05, 3.63) is 0 Å². The molecule has 0 aliphatic heterocycles. The first kappa shape index (κ1) is 25.7. The lowest BCUT2D eigenvalue weighted by molar-refractivity contribution is -0.119. The van der Waals surface area contributed by atoms with Crippen molar-refractivity contribution in [1.82, 2.24) is 0 Å². The molecule has 1 heteroatoms. The van der Waals surface area contributed by atoms with Gasteiger partial charge < -0.3 is 0 Å². The Balaban J connectivity index is 3.02. The maximum atomic E-state index is 11.4. The molecule has 0 unspecified atom stereocenters. The van der Waals surface area contributed by atoms with Crippen LogP contribution < -0.4 is 0 Å². The van der Waals surface area contributed by atoms with Crippen molar-refractivity contribution in [3.8, 4) is 0 Å². The molecule has 1 nitrogen and oxygen atoms in total. The van der Waals surface area contributed by atoms with Crippen LogP contribution in [0.4, 0.5) is 0 Å². The van der Waals surface area contributed by atoms with Gasteiger partial charge in [0.05, 0.1) is 0 Å². The molecule has 0 saturated heterocycles. The fourth-order valence-electron chi connectivity index (χ4n) is 3.80. The summed E-state index contributed by atoms with van der Waals surface area (Å²) >= 11 is 0. The second kappa shape index (κ2) is 22.7. The van der Waals surface area contributed by atoms with Gasteiger partial charge in [0.15, 0.2) is 0 Å². The molecule has 0 fully saturated rings. The lowest BCUT2D eigenvalue weighted by atomic mass is 10.0. The van der Waals surface area contributed by atoms with E-state index in [0.29, 0.717) is 5.78 Å². The number of hydrogen-bond acceptors (Lipinski definition) is 1. The van der Waals surface area contributed by atoms with E-state index in [9.17, 15) is 4.79 Å². The average molecular weight is 367 g/mol. The summed E-state index contributed by atoms with van der Waals surface area (Å²) in [5, 5.41) is 0. The van der Waals surface area contributed by atoms with Gasteiger partial charge in [0.2, 0.25) is 0 Å². The van der Waals surface area contributed by atoms with Crippen LogP contribution in [0, 0.1) is 0 Å². The van der Waals surface area contributed by atoms with E-state index in [-0.39, 0.29) is 0 Å². The monoisotopic (exact) mass is 366 g/mol. The minimum Gasteiger partial charge on any atom is -0.300 e. The molecule has 0 aromatic rings. The number of hydrogen-bond donors (Lipinski definition) is 0. The van der Waals surface area contributed by atoms with Gasteiger partial charge >= 0.3 is 0 Å². The van der Waals surface area contributed by atoms with Gasteiger partial charge in [-0.15, -0.1) is 0 Å². The summed E-state index contributed by atoms with van der Waals surface area (Å²) in [5.74, 6) is 0.472. The van der Waals surface area contributed by atoms with Gasteiger partial charge in [-0.2, -0.15) is 0 Å². The van der Waals surface area contributed by atoms with Crippen LogP contribution in [0.1, 0.15) is 155 Å². The first-order valence-corrected chi connectivity index (χ1v) is 12.3. The number of ketones is 1. The minimum atomic E-state index is 0.472. The molecule has 0 amide bonds. The summed E-state index contributed by atoms with van der Waals surface area (Å²) < 4.78 is 0. The lowest BCUT2D eigenvalue weighted by Gasteiger charge is -2.04. The number of carbonyl (C=O) groups excluding carboxylic acids is 1. The quantitative estimate of drug-likeness (QED) is 0.174. The van der Waals surface area contributed by atoms with E-state index >= 15 is 0 Å². The van der Waals surface area contributed by atoms with E-state index < -0.39 is 0 Å². The molecular weight excluding hydrogens is 316 g/mol. The van der Waals surface area contributed by atoms with Crippen LogP contribution in [0.25, 0.3) is 0 Å². The summed E-state index contributed by atoms with van der Waals surface area (Å²) in [6.45, 7) is 4.38. The Morgan fingerprint density at radius 1 is 0.385 bits per heavy atom. The maximum Gasteiger partial charge on any atom is 0.132 e. The predicted octanol–water partition coefficient (Wildman–Crippen LogP) is 9.18. The molecule has 0 saturated carbocycles. The third-order valence-corrected chi connectivity index (χ3v) is 5.59. The molecule has 0 aromatic heterocycles. The van der Waals surface area contributed by atoms with Crippen molar-refractivity contribution in [2.75, 3.05) is 0 Å². The van der Waals surface area contributed by atoms with E-state index in [0.717, 1.165) is 25.7 Å². The van der Waals surface area contributed by atoms with Crippen LogP contribution in [0.5, 0.6) is 0 Å². The fourth-order valence-corrected chi connectivity index (χ4v) is 3.80. The predicted molar refractivity (Wildman–Crippen MR) is 118 cm³/mol. The highest BCUT2D eigenvalue weighted by molar-refractivity contribution is 5.78. The molecule has 26 heavy (non-hydrogen) atoms. The summed E-state index contributed by atoms with van der Waals surface area (Å²) in [6.07, 6.45) is 29.4. The Morgan fingerprint density at radius 3 is 1.00 bits per heavy atom. The normalized spacial score (nSPS) is 11.2. The molecule has 0 bridgehead atoms. The Kier molecular flexibility index (Phi) is 22.4. The second-order valence-corrected chi connectivity index (χ2v) is 8.40. The first-order valence-electron chi connectivity index (χ1n) is 12.3. The molecule has 0 aliphatic carbocycles. The van der Waals surface area contributed by atoms with Gasteiger partial charge in [-0.3, -0.25) is 4.79 Å². The molecule has 0 atom stereocenters. The van der Waals surface area contributed by atoms with Crippen LogP contribution in [-0.2, 0) is 4.79 Å². The van der Waals surface area contributed by atoms with Crippen molar-refractivity contribution in [2.45, 2.75) is 155 Å². The number of unbranched alkanes of at least 4 members (excludes halogenated alkanes) is 18. The van der Waals surface area contributed by atoms with Crippen molar-refractivity contribution in [3.63, 3.8) is 0 Å². The van der Waals surface area contributed by atoms with Gasteiger partial charge in [0, 0.05) is 12.8 Å². The van der Waals surface area contributed by atoms with Gasteiger partial charge in [-0.05, 0) is 12.8 Å². The van der Waals surface area contributed by atoms with Gasteiger partial charge in [0.1, 0.15) is 5.78 Å². The number of Topliss-reactive ketones (excluding diaryl/α,β-unsaturated/α-hetero) is 1. The zero-order valence-corrected chi connectivity index (χ0v) is 18.5. The third kappa shape index (κ3) is 21.7. The first-order chi connectivity index (χ1) is 12.8. The number of carbonyl (C=O) groups is 1. The van der Waals surface area contributed by atoms with Crippen LogP contribution in [-0.4, -0.2) is 5.78 Å². The molecule has 0 N–H and O–H groups in total. The van der Waals surface area contributed by atoms with Crippen molar-refractivity contribution < 1.29 is 4.79 Å². The van der Waals surface area contributed by atoms with E-state index in [1.807, 2.05) is 0 Å². The molecule has 156 valence electrons. The molecule has 0 aromatic carbocycles. The van der Waals surface area contributed by atoms with Crippen molar-refractivity contribution in [1.29, 1.82) is 0 Å². The smallest absolute Gasteiger partial charge is 0.132 e. The molecule has 0 spiro atoms. The van der Waals surface area contributed by atoms with Crippen molar-refractivity contribution in [2.24, 2.45) is 0 Å². The molecule has 0 aliphatic rings. The topological polar surface area (TPSA) is 17.1 Å². The van der Waals surface area contributed by atoms with Crippen molar-refractivity contribution >= 4 is 5.78 Å². The van der Waals surface area contributed by atoms with E-state index in [2.05, 4.69) is 13.8 Å². The summed E-state index contributed by atoms with van der Waals surface area (Å²) in [5.41, 5.74) is 0. The SMILES string of the molecule is CCCCCCCCCCCCCCCCCCCCCC(=O)CCC. The van der Waals surface area contributed by atoms with E-state index in [1.165, 1.54) is 116 Å². The maximum absolute atomic E-state index is 11.4. The Labute approximate surface area is 166 Å². The minimum absolute atomic E-state index is 0.472. The second-order valence-electron chi connectivity index (χ2n) is 8.40. The lowest BCUT2D eigenvalue weighted by Crippen LogP contribution is -1.96.